The highest BCUT2D eigenvalue weighted by atomic mass is 19.4. The van der Waals surface area contributed by atoms with E-state index < -0.39 is 23.5 Å². The maximum absolute atomic E-state index is 13.4. The molecular formula is C18H17F4N3O3. The highest BCUT2D eigenvalue weighted by Gasteiger charge is 2.35. The Bertz CT molecular complexity index is 886. The summed E-state index contributed by atoms with van der Waals surface area (Å²) in [4.78, 5) is 26.1. The van der Waals surface area contributed by atoms with Crippen LogP contribution in [-0.2, 0) is 11.0 Å². The fraction of sp³-hybridized carbons (Fsp3) is 0.389. The molecule has 10 heteroatoms. The van der Waals surface area contributed by atoms with Crippen molar-refractivity contribution in [1.29, 1.82) is 0 Å². The number of hydrogen-bond acceptors (Lipinski definition) is 4. The molecule has 2 amide bonds. The zero-order valence-electron chi connectivity index (χ0n) is 14.8. The molecule has 0 unspecified atom stereocenters. The fourth-order valence-corrected chi connectivity index (χ4v) is 3.06. The van der Waals surface area contributed by atoms with Gasteiger partial charge in [-0.2, -0.15) is 13.2 Å². The largest absolute Gasteiger partial charge is 0.419 e. The standard InChI is InChI=1S/C18H17F4N3O3/c1-10-8-15(24-28-10)23-16(26)11-4-6-25(7-5-11)17(27)12-2-3-14(19)13(9-12)18(20,21)22/h2-3,8-9,11H,4-7H2,1H3,(H,23,24,26). The quantitative estimate of drug-likeness (QED) is 0.800. The summed E-state index contributed by atoms with van der Waals surface area (Å²) in [5.74, 6) is -1.83. The zero-order valence-corrected chi connectivity index (χ0v) is 14.8. The van der Waals surface area contributed by atoms with Gasteiger partial charge in [-0.1, -0.05) is 5.16 Å². The van der Waals surface area contributed by atoms with Crippen LogP contribution in [0.2, 0.25) is 0 Å². The fourth-order valence-electron chi connectivity index (χ4n) is 3.06. The summed E-state index contributed by atoms with van der Waals surface area (Å²) in [5, 5.41) is 6.30. The smallest absolute Gasteiger partial charge is 0.360 e. The Kier molecular flexibility index (Phi) is 5.39. The highest BCUT2D eigenvalue weighted by molar-refractivity contribution is 5.95. The van der Waals surface area contributed by atoms with E-state index in [2.05, 4.69) is 10.5 Å². The first-order valence-corrected chi connectivity index (χ1v) is 8.55. The van der Waals surface area contributed by atoms with E-state index >= 15 is 0 Å². The molecule has 2 aromatic rings. The van der Waals surface area contributed by atoms with Gasteiger partial charge < -0.3 is 14.7 Å². The van der Waals surface area contributed by atoms with Gasteiger partial charge in [0.1, 0.15) is 11.6 Å². The van der Waals surface area contributed by atoms with Crippen LogP contribution < -0.4 is 5.32 Å². The number of likely N-dealkylation sites (tertiary alicyclic amines) is 1. The third-order valence-electron chi connectivity index (χ3n) is 4.55. The lowest BCUT2D eigenvalue weighted by Crippen LogP contribution is -2.41. The minimum Gasteiger partial charge on any atom is -0.360 e. The van der Waals surface area contributed by atoms with E-state index in [0.717, 1.165) is 6.07 Å². The number of nitrogens with one attached hydrogen (secondary N) is 1. The molecule has 0 saturated carbocycles. The van der Waals surface area contributed by atoms with Crippen molar-refractivity contribution < 1.29 is 31.7 Å². The van der Waals surface area contributed by atoms with E-state index in [-0.39, 0.29) is 30.5 Å². The average Bonchev–Trinajstić information content (AvgIpc) is 3.05. The molecule has 3 rings (SSSR count). The number of carbonyl (C=O) groups excluding carboxylic acids is 2. The maximum Gasteiger partial charge on any atom is 0.419 e. The van der Waals surface area contributed by atoms with Crippen molar-refractivity contribution in [2.45, 2.75) is 25.9 Å². The molecule has 28 heavy (non-hydrogen) atoms. The number of aryl methyl sites for hydroxylation is 1. The van der Waals surface area contributed by atoms with Crippen LogP contribution in [0.25, 0.3) is 0 Å². The molecule has 1 aliphatic rings. The topological polar surface area (TPSA) is 75.4 Å². The highest BCUT2D eigenvalue weighted by Crippen LogP contribution is 2.32. The molecule has 2 heterocycles. The number of rotatable bonds is 3. The maximum atomic E-state index is 13.4. The van der Waals surface area contributed by atoms with Gasteiger partial charge in [0.2, 0.25) is 5.91 Å². The van der Waals surface area contributed by atoms with Gasteiger partial charge in [0.05, 0.1) is 5.56 Å². The normalized spacial score (nSPS) is 15.5. The lowest BCUT2D eigenvalue weighted by atomic mass is 9.95. The molecule has 1 N–H and O–H groups in total. The first kappa shape index (κ1) is 19.8. The van der Waals surface area contributed by atoms with E-state index in [1.54, 1.807) is 13.0 Å². The van der Waals surface area contributed by atoms with Gasteiger partial charge in [-0.15, -0.1) is 0 Å². The Morgan fingerprint density at radius 3 is 2.46 bits per heavy atom. The molecule has 1 aromatic carbocycles. The van der Waals surface area contributed by atoms with E-state index in [0.29, 0.717) is 36.6 Å². The molecule has 1 fully saturated rings. The lowest BCUT2D eigenvalue weighted by Gasteiger charge is -2.31. The summed E-state index contributed by atoms with van der Waals surface area (Å²) < 4.78 is 56.8. The van der Waals surface area contributed by atoms with Crippen LogP contribution in [0.1, 0.15) is 34.5 Å². The molecule has 0 bridgehead atoms. The van der Waals surface area contributed by atoms with Gasteiger partial charge >= 0.3 is 6.18 Å². The van der Waals surface area contributed by atoms with Crippen molar-refractivity contribution in [1.82, 2.24) is 10.1 Å². The van der Waals surface area contributed by atoms with Crippen molar-refractivity contribution in [3.63, 3.8) is 0 Å². The van der Waals surface area contributed by atoms with Crippen LogP contribution in [0.4, 0.5) is 23.4 Å². The van der Waals surface area contributed by atoms with Crippen molar-refractivity contribution in [3.8, 4) is 0 Å². The van der Waals surface area contributed by atoms with Crippen LogP contribution in [0, 0.1) is 18.7 Å². The first-order valence-electron chi connectivity index (χ1n) is 8.55. The Hall–Kier alpha value is -2.91. The number of amides is 2. The van der Waals surface area contributed by atoms with Crippen LogP contribution in [0.5, 0.6) is 0 Å². The number of anilines is 1. The molecule has 6 nitrogen and oxygen atoms in total. The Labute approximate surface area is 157 Å². The van der Waals surface area contributed by atoms with Gasteiger partial charge in [0, 0.05) is 30.6 Å². The minimum absolute atomic E-state index is 0.202. The first-order chi connectivity index (χ1) is 13.1. The number of halogens is 4. The van der Waals surface area contributed by atoms with Crippen LogP contribution in [0.15, 0.2) is 28.8 Å². The van der Waals surface area contributed by atoms with Gasteiger partial charge in [-0.05, 0) is 38.0 Å². The van der Waals surface area contributed by atoms with Gasteiger partial charge in [-0.25, -0.2) is 4.39 Å². The van der Waals surface area contributed by atoms with Crippen LogP contribution in [-0.4, -0.2) is 35.0 Å². The van der Waals surface area contributed by atoms with E-state index in [9.17, 15) is 27.2 Å². The molecule has 0 spiro atoms. The predicted octanol–water partition coefficient (Wildman–Crippen LogP) is 3.63. The zero-order chi connectivity index (χ0) is 20.5. The molecule has 1 aliphatic heterocycles. The number of hydrogen-bond donors (Lipinski definition) is 1. The number of aromatic nitrogens is 1. The Morgan fingerprint density at radius 1 is 1.21 bits per heavy atom. The minimum atomic E-state index is -4.88. The second-order valence-electron chi connectivity index (χ2n) is 6.57. The number of piperidine rings is 1. The summed E-state index contributed by atoms with van der Waals surface area (Å²) >= 11 is 0. The summed E-state index contributed by atoms with van der Waals surface area (Å²) in [6, 6.07) is 3.75. The number of nitrogens with zero attached hydrogens (tertiary/aromatic N) is 2. The monoisotopic (exact) mass is 399 g/mol. The average molecular weight is 399 g/mol. The number of carbonyl (C=O) groups is 2. The van der Waals surface area contributed by atoms with Crippen molar-refractivity contribution in [2.75, 3.05) is 18.4 Å². The van der Waals surface area contributed by atoms with Crippen molar-refractivity contribution in [2.24, 2.45) is 5.92 Å². The van der Waals surface area contributed by atoms with E-state index in [1.165, 1.54) is 4.90 Å². The van der Waals surface area contributed by atoms with E-state index in [1.807, 2.05) is 0 Å². The van der Waals surface area contributed by atoms with Crippen molar-refractivity contribution >= 4 is 17.6 Å². The number of benzene rings is 1. The van der Waals surface area contributed by atoms with Crippen molar-refractivity contribution in [3.05, 3.63) is 47.0 Å². The summed E-state index contributed by atoms with van der Waals surface area (Å²) in [7, 11) is 0. The Balaban J connectivity index is 1.61. The van der Waals surface area contributed by atoms with Crippen LogP contribution in [0.3, 0.4) is 0 Å². The summed E-state index contributed by atoms with van der Waals surface area (Å²) in [6.07, 6.45) is -4.19. The predicted molar refractivity (Wildman–Crippen MR) is 89.9 cm³/mol. The SMILES string of the molecule is Cc1cc(NC(=O)C2CCN(C(=O)c3ccc(F)c(C(F)(F)F)c3)CC2)no1. The van der Waals surface area contributed by atoms with Gasteiger partial charge in [-0.3, -0.25) is 9.59 Å². The molecule has 150 valence electrons. The summed E-state index contributed by atoms with van der Waals surface area (Å²) in [5.41, 5.74) is -1.72. The molecule has 0 atom stereocenters. The Morgan fingerprint density at radius 2 is 1.89 bits per heavy atom. The lowest BCUT2D eigenvalue weighted by molar-refractivity contribution is -0.140. The molecule has 1 aromatic heterocycles. The second-order valence-corrected chi connectivity index (χ2v) is 6.57. The molecular weight excluding hydrogens is 382 g/mol. The van der Waals surface area contributed by atoms with Crippen LogP contribution >= 0.6 is 0 Å². The third kappa shape index (κ3) is 4.32. The van der Waals surface area contributed by atoms with E-state index in [4.69, 9.17) is 4.52 Å². The molecule has 0 radical (unpaired) electrons. The van der Waals surface area contributed by atoms with Gasteiger partial charge in [0.15, 0.2) is 5.82 Å². The molecule has 0 aliphatic carbocycles. The number of alkyl halides is 3. The molecule has 1 saturated heterocycles. The van der Waals surface area contributed by atoms with Gasteiger partial charge in [0.25, 0.3) is 5.91 Å². The third-order valence-corrected chi connectivity index (χ3v) is 4.55. The summed E-state index contributed by atoms with van der Waals surface area (Å²) in [6.45, 7) is 2.09. The second kappa shape index (κ2) is 7.61.